The predicted octanol–water partition coefficient (Wildman–Crippen LogP) is 2.81. The Bertz CT molecular complexity index is 450. The molecule has 0 aliphatic rings. The van der Waals surface area contributed by atoms with Gasteiger partial charge in [-0.25, -0.2) is 0 Å². The molecule has 0 atom stereocenters. The maximum atomic E-state index is 10.9. The summed E-state index contributed by atoms with van der Waals surface area (Å²) in [4.78, 5) is 10.9. The molecule has 17 heavy (non-hydrogen) atoms. The summed E-state index contributed by atoms with van der Waals surface area (Å²) in [6.07, 6.45) is 1.79. The van der Waals surface area contributed by atoms with Crippen LogP contribution in [0, 0.1) is 11.8 Å². The van der Waals surface area contributed by atoms with E-state index in [-0.39, 0.29) is 6.42 Å². The van der Waals surface area contributed by atoms with E-state index in [0.717, 1.165) is 35.1 Å². The molecule has 0 fully saturated rings. The Kier molecular flexibility index (Phi) is 4.78. The summed E-state index contributed by atoms with van der Waals surface area (Å²) in [5, 5.41) is 8.95. The van der Waals surface area contributed by atoms with Gasteiger partial charge in [-0.05, 0) is 48.6 Å². The van der Waals surface area contributed by atoms with E-state index in [1.54, 1.807) is 0 Å². The van der Waals surface area contributed by atoms with Crippen LogP contribution >= 0.6 is 0 Å². The normalized spacial score (nSPS) is 9.59. The van der Waals surface area contributed by atoms with Gasteiger partial charge < -0.3 is 5.11 Å². The molecule has 0 saturated carbocycles. The Morgan fingerprint density at radius 2 is 1.76 bits per heavy atom. The zero-order chi connectivity index (χ0) is 12.8. The van der Waals surface area contributed by atoms with Gasteiger partial charge in [0.2, 0.25) is 0 Å². The molecule has 1 N–H and O–H groups in total. The molecule has 0 aliphatic heterocycles. The van der Waals surface area contributed by atoms with Crippen molar-refractivity contribution in [2.24, 2.45) is 0 Å². The average Bonchev–Trinajstić information content (AvgIpc) is 2.30. The summed E-state index contributed by atoms with van der Waals surface area (Å²) >= 11 is 0. The summed E-state index contributed by atoms with van der Waals surface area (Å²) in [5.41, 5.74) is 4.15. The van der Waals surface area contributed by atoms with Crippen LogP contribution in [0.15, 0.2) is 12.1 Å². The lowest BCUT2D eigenvalue weighted by Crippen LogP contribution is -2.07. The van der Waals surface area contributed by atoms with Crippen molar-refractivity contribution in [1.82, 2.24) is 0 Å². The SMILES string of the molecule is CC#Cc1cc(CC)c(CC(=O)O)c(CC)c1. The van der Waals surface area contributed by atoms with Crippen LogP contribution < -0.4 is 0 Å². The molecule has 1 aromatic rings. The largest absolute Gasteiger partial charge is 0.481 e. The number of carboxylic acids is 1. The van der Waals surface area contributed by atoms with E-state index in [1.165, 1.54) is 0 Å². The fraction of sp³-hybridized carbons (Fsp3) is 0.400. The summed E-state index contributed by atoms with van der Waals surface area (Å²) in [6.45, 7) is 5.90. The summed E-state index contributed by atoms with van der Waals surface area (Å²) in [6, 6.07) is 4.02. The highest BCUT2D eigenvalue weighted by atomic mass is 16.4. The highest BCUT2D eigenvalue weighted by Gasteiger charge is 2.11. The van der Waals surface area contributed by atoms with Crippen LogP contribution in [0.4, 0.5) is 0 Å². The third-order valence-electron chi connectivity index (χ3n) is 2.79. The van der Waals surface area contributed by atoms with Crippen molar-refractivity contribution >= 4 is 5.97 Å². The van der Waals surface area contributed by atoms with Crippen molar-refractivity contribution in [2.45, 2.75) is 40.0 Å². The maximum absolute atomic E-state index is 10.9. The number of hydrogen-bond donors (Lipinski definition) is 1. The summed E-state index contributed by atoms with van der Waals surface area (Å²) < 4.78 is 0. The first-order valence-corrected chi connectivity index (χ1v) is 5.91. The number of aryl methyl sites for hydroxylation is 2. The fourth-order valence-corrected chi connectivity index (χ4v) is 2.02. The van der Waals surface area contributed by atoms with E-state index in [1.807, 2.05) is 32.9 Å². The lowest BCUT2D eigenvalue weighted by Gasteiger charge is -2.12. The summed E-state index contributed by atoms with van der Waals surface area (Å²) in [5.74, 6) is 5.15. The minimum Gasteiger partial charge on any atom is -0.481 e. The monoisotopic (exact) mass is 230 g/mol. The number of hydrogen-bond acceptors (Lipinski definition) is 1. The molecule has 0 spiro atoms. The van der Waals surface area contributed by atoms with E-state index in [4.69, 9.17) is 5.11 Å². The van der Waals surface area contributed by atoms with Crippen molar-refractivity contribution in [3.63, 3.8) is 0 Å². The molecule has 0 bridgehead atoms. The Labute approximate surface area is 103 Å². The van der Waals surface area contributed by atoms with Gasteiger partial charge in [0.05, 0.1) is 6.42 Å². The molecule has 2 heteroatoms. The van der Waals surface area contributed by atoms with E-state index in [9.17, 15) is 4.79 Å². The molecule has 1 aromatic carbocycles. The molecule has 0 heterocycles. The molecular weight excluding hydrogens is 212 g/mol. The van der Waals surface area contributed by atoms with E-state index >= 15 is 0 Å². The quantitative estimate of drug-likeness (QED) is 0.807. The van der Waals surface area contributed by atoms with Gasteiger partial charge in [0.25, 0.3) is 0 Å². The topological polar surface area (TPSA) is 37.3 Å². The van der Waals surface area contributed by atoms with Gasteiger partial charge in [0.1, 0.15) is 0 Å². The molecule has 0 amide bonds. The number of carboxylic acid groups (broad SMARTS) is 1. The molecule has 2 nitrogen and oxygen atoms in total. The van der Waals surface area contributed by atoms with Gasteiger partial charge in [-0.15, -0.1) is 5.92 Å². The standard InChI is InChI=1S/C15H18O2/c1-4-7-11-8-12(5-2)14(10-15(16)17)13(6-3)9-11/h8-9H,5-6,10H2,1-3H3,(H,16,17). The first-order chi connectivity index (χ1) is 8.12. The lowest BCUT2D eigenvalue weighted by atomic mass is 9.92. The smallest absolute Gasteiger partial charge is 0.307 e. The van der Waals surface area contributed by atoms with Crippen LogP contribution in [0.2, 0.25) is 0 Å². The number of aliphatic carboxylic acids is 1. The van der Waals surface area contributed by atoms with E-state index in [0.29, 0.717) is 0 Å². The van der Waals surface area contributed by atoms with Crippen LogP contribution in [0.1, 0.15) is 43.0 Å². The zero-order valence-corrected chi connectivity index (χ0v) is 10.6. The Morgan fingerprint density at radius 3 is 2.12 bits per heavy atom. The highest BCUT2D eigenvalue weighted by molar-refractivity contribution is 5.71. The van der Waals surface area contributed by atoms with Crippen LogP contribution in [0.3, 0.4) is 0 Å². The highest BCUT2D eigenvalue weighted by Crippen LogP contribution is 2.20. The number of carbonyl (C=O) groups is 1. The van der Waals surface area contributed by atoms with Crippen LogP contribution in [-0.4, -0.2) is 11.1 Å². The van der Waals surface area contributed by atoms with Gasteiger partial charge >= 0.3 is 5.97 Å². The lowest BCUT2D eigenvalue weighted by molar-refractivity contribution is -0.136. The molecule has 0 saturated heterocycles. The zero-order valence-electron chi connectivity index (χ0n) is 10.6. The molecule has 0 aromatic heterocycles. The van der Waals surface area contributed by atoms with Crippen molar-refractivity contribution in [3.8, 4) is 11.8 Å². The molecule has 0 radical (unpaired) electrons. The van der Waals surface area contributed by atoms with Crippen LogP contribution in [-0.2, 0) is 24.1 Å². The third-order valence-corrected chi connectivity index (χ3v) is 2.79. The second kappa shape index (κ2) is 6.10. The Morgan fingerprint density at radius 1 is 1.24 bits per heavy atom. The maximum Gasteiger partial charge on any atom is 0.307 e. The van der Waals surface area contributed by atoms with Gasteiger partial charge in [-0.3, -0.25) is 4.79 Å². The van der Waals surface area contributed by atoms with E-state index < -0.39 is 5.97 Å². The van der Waals surface area contributed by atoms with Gasteiger partial charge in [0, 0.05) is 5.56 Å². The number of rotatable bonds is 4. The minimum atomic E-state index is -0.774. The summed E-state index contributed by atoms with van der Waals surface area (Å²) in [7, 11) is 0. The van der Waals surface area contributed by atoms with Crippen LogP contribution in [0.5, 0.6) is 0 Å². The molecule has 1 rings (SSSR count). The van der Waals surface area contributed by atoms with Crippen molar-refractivity contribution in [1.29, 1.82) is 0 Å². The predicted molar refractivity (Wildman–Crippen MR) is 69.1 cm³/mol. The van der Waals surface area contributed by atoms with Crippen LogP contribution in [0.25, 0.3) is 0 Å². The van der Waals surface area contributed by atoms with Crippen molar-refractivity contribution < 1.29 is 9.90 Å². The van der Waals surface area contributed by atoms with Gasteiger partial charge in [-0.1, -0.05) is 19.8 Å². The first kappa shape index (κ1) is 13.3. The average molecular weight is 230 g/mol. The second-order valence-corrected chi connectivity index (χ2v) is 3.93. The Hall–Kier alpha value is -1.75. The Balaban J connectivity index is 3.33. The van der Waals surface area contributed by atoms with Crippen molar-refractivity contribution in [2.75, 3.05) is 0 Å². The molecule has 90 valence electrons. The first-order valence-electron chi connectivity index (χ1n) is 5.91. The van der Waals surface area contributed by atoms with Gasteiger partial charge in [0.15, 0.2) is 0 Å². The number of benzene rings is 1. The molecular formula is C15H18O2. The van der Waals surface area contributed by atoms with E-state index in [2.05, 4.69) is 11.8 Å². The minimum absolute atomic E-state index is 0.103. The second-order valence-electron chi connectivity index (χ2n) is 3.93. The fourth-order valence-electron chi connectivity index (χ4n) is 2.02. The third kappa shape index (κ3) is 3.35. The van der Waals surface area contributed by atoms with Gasteiger partial charge in [-0.2, -0.15) is 0 Å². The molecule has 0 aliphatic carbocycles. The van der Waals surface area contributed by atoms with Crippen molar-refractivity contribution in [3.05, 3.63) is 34.4 Å². The molecule has 0 unspecified atom stereocenters.